The largest absolute Gasteiger partial charge is 0.225 e. The van der Waals surface area contributed by atoms with E-state index in [2.05, 4.69) is 15.0 Å². The zero-order chi connectivity index (χ0) is 4.24. The third kappa shape index (κ3) is 1.99. The maximum Gasteiger partial charge on any atom is 0.119 e. The van der Waals surface area contributed by atoms with Crippen molar-refractivity contribution >= 4 is 11.0 Å². The van der Waals surface area contributed by atoms with Crippen molar-refractivity contribution < 1.29 is 0 Å². The van der Waals surface area contributed by atoms with E-state index in [1.54, 1.807) is 0 Å². The highest BCUT2D eigenvalue weighted by molar-refractivity contribution is 5.75. The van der Waals surface area contributed by atoms with E-state index in [0.717, 1.165) is 0 Å². The highest BCUT2D eigenvalue weighted by atomic mass is 28.1. The van der Waals surface area contributed by atoms with Gasteiger partial charge in [0.15, 0.2) is 0 Å². The normalized spacial score (nSPS) is 6.86. The molecule has 0 aliphatic carbocycles. The first-order chi connectivity index (χ1) is 3.00. The Morgan fingerprint density at radius 2 is 1.00 bits per heavy atom. The summed E-state index contributed by atoms with van der Waals surface area (Å²) in [4.78, 5) is 10.7. The van der Waals surface area contributed by atoms with Gasteiger partial charge in [0.2, 0.25) is 0 Å². The highest BCUT2D eigenvalue weighted by Crippen LogP contribution is 1.57. The quantitative estimate of drug-likeness (QED) is 0.381. The van der Waals surface area contributed by atoms with Crippen molar-refractivity contribution in [1.29, 1.82) is 0 Å². The van der Waals surface area contributed by atoms with Gasteiger partial charge < -0.3 is 0 Å². The summed E-state index contributed by atoms with van der Waals surface area (Å²) in [7, 11) is 0. The molecule has 0 unspecified atom stereocenters. The molecule has 0 aliphatic heterocycles. The molecule has 0 saturated heterocycles. The molecule has 1 aromatic heterocycles. The monoisotopic (exact) mass is 113 g/mol. The van der Waals surface area contributed by atoms with Gasteiger partial charge in [-0.05, 0) is 11.0 Å². The van der Waals surface area contributed by atoms with E-state index < -0.39 is 0 Å². The Bertz CT molecular complexity index is 82.1. The summed E-state index contributed by atoms with van der Waals surface area (Å²) >= 11 is 0. The minimum atomic E-state index is 0. The predicted molar refractivity (Wildman–Crippen MR) is 31.2 cm³/mol. The number of nitrogens with zero attached hydrogens (tertiary/aromatic N) is 3. The standard InChI is InChI=1S/C3H3N3.H4Si/c1-4-2-6-3-5-1;/h1-3H;1H4. The number of rotatable bonds is 0. The van der Waals surface area contributed by atoms with Gasteiger partial charge in [-0.2, -0.15) is 0 Å². The van der Waals surface area contributed by atoms with E-state index in [1.165, 1.54) is 19.0 Å². The lowest BCUT2D eigenvalue weighted by atomic mass is 11.1. The van der Waals surface area contributed by atoms with E-state index >= 15 is 0 Å². The average Bonchev–Trinajstić information content (AvgIpc) is 1.72. The van der Waals surface area contributed by atoms with Gasteiger partial charge in [-0.25, -0.2) is 15.0 Å². The molecule has 0 saturated carbocycles. The van der Waals surface area contributed by atoms with Gasteiger partial charge in [0.05, 0.1) is 0 Å². The Balaban J connectivity index is 0.000000360. The zero-order valence-electron chi connectivity index (χ0n) is 3.07. The van der Waals surface area contributed by atoms with Crippen molar-refractivity contribution in [1.82, 2.24) is 15.0 Å². The summed E-state index contributed by atoms with van der Waals surface area (Å²) in [5.74, 6) is 0. The maximum absolute atomic E-state index is 3.56. The zero-order valence-corrected chi connectivity index (χ0v) is 3.07. The number of aromatic nitrogens is 3. The van der Waals surface area contributed by atoms with Crippen molar-refractivity contribution in [2.75, 3.05) is 0 Å². The molecule has 0 radical (unpaired) electrons. The second kappa shape index (κ2) is 3.42. The van der Waals surface area contributed by atoms with Crippen molar-refractivity contribution in [3.8, 4) is 0 Å². The summed E-state index contributed by atoms with van der Waals surface area (Å²) in [6.45, 7) is 0. The van der Waals surface area contributed by atoms with Gasteiger partial charge in [-0.3, -0.25) is 0 Å². The molecule has 3 nitrogen and oxygen atoms in total. The van der Waals surface area contributed by atoms with Gasteiger partial charge in [0.1, 0.15) is 19.0 Å². The Hall–Kier alpha value is -0.773. The molecule has 38 valence electrons. The van der Waals surface area contributed by atoms with Crippen LogP contribution in [0.25, 0.3) is 0 Å². The van der Waals surface area contributed by atoms with Gasteiger partial charge in [-0.1, -0.05) is 0 Å². The lowest BCUT2D eigenvalue weighted by molar-refractivity contribution is 1.05. The van der Waals surface area contributed by atoms with Crippen LogP contribution in [-0.4, -0.2) is 25.9 Å². The van der Waals surface area contributed by atoms with Crippen LogP contribution < -0.4 is 0 Å². The Labute approximate surface area is 45.9 Å². The van der Waals surface area contributed by atoms with Crippen LogP contribution in [-0.2, 0) is 0 Å². The number of hydrogen-bond acceptors (Lipinski definition) is 3. The Morgan fingerprint density at radius 1 is 0.714 bits per heavy atom. The minimum absolute atomic E-state index is 0. The van der Waals surface area contributed by atoms with Crippen LogP contribution >= 0.6 is 0 Å². The van der Waals surface area contributed by atoms with Crippen molar-refractivity contribution in [3.05, 3.63) is 19.0 Å². The summed E-state index contributed by atoms with van der Waals surface area (Å²) in [6.07, 6.45) is 4.31. The summed E-state index contributed by atoms with van der Waals surface area (Å²) in [5.41, 5.74) is 0. The van der Waals surface area contributed by atoms with E-state index in [1.807, 2.05) is 0 Å². The first-order valence-electron chi connectivity index (χ1n) is 1.55. The summed E-state index contributed by atoms with van der Waals surface area (Å²) < 4.78 is 0. The Kier molecular flexibility index (Phi) is 3.04. The number of hydrogen-bond donors (Lipinski definition) is 0. The Morgan fingerprint density at radius 3 is 1.14 bits per heavy atom. The van der Waals surface area contributed by atoms with Crippen LogP contribution in [0.2, 0.25) is 0 Å². The smallest absolute Gasteiger partial charge is 0.119 e. The third-order valence-corrected chi connectivity index (χ3v) is 0.400. The van der Waals surface area contributed by atoms with Crippen LogP contribution in [0.3, 0.4) is 0 Å². The van der Waals surface area contributed by atoms with Gasteiger partial charge in [0.25, 0.3) is 0 Å². The van der Waals surface area contributed by atoms with Crippen molar-refractivity contribution in [3.63, 3.8) is 0 Å². The molecular weight excluding hydrogens is 106 g/mol. The predicted octanol–water partition coefficient (Wildman–Crippen LogP) is -1.58. The van der Waals surface area contributed by atoms with Gasteiger partial charge in [-0.15, -0.1) is 0 Å². The second-order valence-corrected chi connectivity index (χ2v) is 0.794. The minimum Gasteiger partial charge on any atom is -0.225 e. The fourth-order valence-corrected chi connectivity index (χ4v) is 0.205. The van der Waals surface area contributed by atoms with E-state index in [-0.39, 0.29) is 11.0 Å². The summed E-state index contributed by atoms with van der Waals surface area (Å²) in [6, 6.07) is 0. The van der Waals surface area contributed by atoms with Crippen molar-refractivity contribution in [2.24, 2.45) is 0 Å². The molecule has 0 bridgehead atoms. The lowest BCUT2D eigenvalue weighted by Crippen LogP contribution is -1.73. The molecule has 0 aromatic carbocycles. The molecule has 0 fully saturated rings. The van der Waals surface area contributed by atoms with Gasteiger partial charge in [0, 0.05) is 0 Å². The highest BCUT2D eigenvalue weighted by Gasteiger charge is 1.59. The fraction of sp³-hybridized carbons (Fsp3) is 0. The molecule has 0 aliphatic rings. The SMILES string of the molecule is [SiH4].c1ncncn1. The topological polar surface area (TPSA) is 38.7 Å². The van der Waals surface area contributed by atoms with E-state index in [0.29, 0.717) is 0 Å². The molecule has 0 spiro atoms. The van der Waals surface area contributed by atoms with Gasteiger partial charge >= 0.3 is 0 Å². The molecular formula is C3H7N3Si. The first-order valence-corrected chi connectivity index (χ1v) is 1.55. The van der Waals surface area contributed by atoms with E-state index in [9.17, 15) is 0 Å². The first kappa shape index (κ1) is 6.23. The molecule has 1 aromatic rings. The van der Waals surface area contributed by atoms with E-state index in [4.69, 9.17) is 0 Å². The molecule has 0 atom stereocenters. The van der Waals surface area contributed by atoms with Crippen LogP contribution in [0.1, 0.15) is 0 Å². The lowest BCUT2D eigenvalue weighted by Gasteiger charge is -1.69. The molecule has 0 amide bonds. The van der Waals surface area contributed by atoms with Crippen LogP contribution in [0, 0.1) is 0 Å². The summed E-state index contributed by atoms with van der Waals surface area (Å²) in [5, 5.41) is 0. The molecule has 7 heavy (non-hydrogen) atoms. The molecule has 0 N–H and O–H groups in total. The maximum atomic E-state index is 3.56. The van der Waals surface area contributed by atoms with Crippen LogP contribution in [0.5, 0.6) is 0 Å². The average molecular weight is 113 g/mol. The molecule has 4 heteroatoms. The second-order valence-electron chi connectivity index (χ2n) is 0.794. The molecule has 1 rings (SSSR count). The van der Waals surface area contributed by atoms with Crippen LogP contribution in [0.15, 0.2) is 19.0 Å². The van der Waals surface area contributed by atoms with Crippen LogP contribution in [0.4, 0.5) is 0 Å². The van der Waals surface area contributed by atoms with Crippen molar-refractivity contribution in [2.45, 2.75) is 0 Å². The molecule has 1 heterocycles. The fourth-order valence-electron chi connectivity index (χ4n) is 0.205. The third-order valence-electron chi connectivity index (χ3n) is 0.400.